The van der Waals surface area contributed by atoms with Crippen LogP contribution in [0, 0.1) is 17.8 Å². The fourth-order valence-corrected chi connectivity index (χ4v) is 3.71. The third-order valence-corrected chi connectivity index (χ3v) is 5.53. The van der Waals surface area contributed by atoms with Crippen molar-refractivity contribution >= 4 is 18.4 Å². The maximum Gasteiger partial charge on any atom is 0.340 e. The maximum atomic E-state index is 11.9. The van der Waals surface area contributed by atoms with Crippen molar-refractivity contribution in [1.29, 1.82) is 0 Å². The van der Waals surface area contributed by atoms with E-state index in [1.807, 2.05) is 12.1 Å². The molecule has 1 aromatic rings. The number of aliphatic hydroxyl groups is 1. The Bertz CT molecular complexity index is 640. The van der Waals surface area contributed by atoms with E-state index in [9.17, 15) is 15.0 Å². The predicted octanol–water partition coefficient (Wildman–Crippen LogP) is 3.85. The van der Waals surface area contributed by atoms with Crippen LogP contribution < -0.4 is 0 Å². The molecule has 0 radical (unpaired) electrons. The van der Waals surface area contributed by atoms with Crippen molar-refractivity contribution in [1.82, 2.24) is 4.90 Å². The fraction of sp³-hybridized carbons (Fsp3) is 0.591. The highest BCUT2D eigenvalue weighted by atomic mass is 35.5. The lowest BCUT2D eigenvalue weighted by Gasteiger charge is -2.35. The van der Waals surface area contributed by atoms with Crippen LogP contribution in [0.25, 0.3) is 0 Å². The molecule has 0 bridgehead atoms. The van der Waals surface area contributed by atoms with Gasteiger partial charge in [-0.2, -0.15) is 0 Å². The molecule has 0 saturated heterocycles. The van der Waals surface area contributed by atoms with E-state index in [1.54, 1.807) is 12.1 Å². The molecule has 5 heteroatoms. The van der Waals surface area contributed by atoms with Crippen LogP contribution in [0.5, 0.6) is 0 Å². The zero-order chi connectivity index (χ0) is 19.0. The van der Waals surface area contributed by atoms with Crippen molar-refractivity contribution in [2.24, 2.45) is 5.92 Å². The Hall–Kier alpha value is -1.54. The summed E-state index contributed by atoms with van der Waals surface area (Å²) in [4.78, 5) is 14.1. The number of carboxylic acid groups (broad SMARTS) is 1. The van der Waals surface area contributed by atoms with Crippen LogP contribution in [-0.2, 0) is 16.8 Å². The van der Waals surface area contributed by atoms with E-state index < -0.39 is 11.6 Å². The summed E-state index contributed by atoms with van der Waals surface area (Å²) in [6.45, 7) is 7.01. The molecule has 150 valence electrons. The summed E-state index contributed by atoms with van der Waals surface area (Å²) in [6.07, 6.45) is 5.26. The molecule has 2 rings (SSSR count). The van der Waals surface area contributed by atoms with Crippen molar-refractivity contribution in [3.05, 3.63) is 35.4 Å². The van der Waals surface area contributed by atoms with E-state index in [1.165, 1.54) is 0 Å². The summed E-state index contributed by atoms with van der Waals surface area (Å²) in [7, 11) is 0. The van der Waals surface area contributed by atoms with Gasteiger partial charge in [0, 0.05) is 12.3 Å². The molecule has 1 aliphatic carbocycles. The number of aliphatic carboxylic acids is 1. The Morgan fingerprint density at radius 2 is 1.70 bits per heavy atom. The van der Waals surface area contributed by atoms with Crippen LogP contribution >= 0.6 is 12.4 Å². The first-order valence-corrected chi connectivity index (χ1v) is 9.75. The lowest BCUT2D eigenvalue weighted by Crippen LogP contribution is -2.43. The van der Waals surface area contributed by atoms with Gasteiger partial charge >= 0.3 is 5.97 Å². The predicted molar refractivity (Wildman–Crippen MR) is 111 cm³/mol. The monoisotopic (exact) mass is 393 g/mol. The number of rotatable bonds is 7. The number of carbonyl (C=O) groups is 1. The van der Waals surface area contributed by atoms with Gasteiger partial charge in [-0.3, -0.25) is 4.90 Å². The Kier molecular flexibility index (Phi) is 9.87. The number of nitrogens with zero attached hydrogens (tertiary/aromatic N) is 1. The second-order valence-electron chi connectivity index (χ2n) is 7.10. The largest absolute Gasteiger partial charge is 0.479 e. The smallest absolute Gasteiger partial charge is 0.340 e. The van der Waals surface area contributed by atoms with Crippen LogP contribution in [-0.4, -0.2) is 40.7 Å². The first-order chi connectivity index (χ1) is 12.5. The van der Waals surface area contributed by atoms with Crippen molar-refractivity contribution < 1.29 is 15.0 Å². The highest BCUT2D eigenvalue weighted by Crippen LogP contribution is 2.39. The molecule has 2 N–H and O–H groups in total. The standard InChI is InChI=1S/C22H31NO3.ClH/c1-3-23(4-2)17-9-8-10-18-13-15-20(16-14-18)22(26,21(24)25)19-11-6-5-7-12-19;/h13-16,19,26H,3-7,10-12,17H2,1-2H3,(H,24,25);1H. The van der Waals surface area contributed by atoms with Gasteiger partial charge in [-0.15, -0.1) is 12.4 Å². The number of halogens is 1. The van der Waals surface area contributed by atoms with E-state index in [4.69, 9.17) is 0 Å². The SMILES string of the molecule is CCN(CC)CC#CCc1ccc(C(O)(C(=O)O)C2CCCCC2)cc1.Cl. The minimum Gasteiger partial charge on any atom is -0.479 e. The molecule has 1 unspecified atom stereocenters. The molecular formula is C22H32ClNO3. The van der Waals surface area contributed by atoms with Gasteiger partial charge in [0.05, 0.1) is 6.54 Å². The first-order valence-electron chi connectivity index (χ1n) is 9.75. The van der Waals surface area contributed by atoms with E-state index in [0.717, 1.165) is 57.3 Å². The van der Waals surface area contributed by atoms with Gasteiger partial charge in [0.2, 0.25) is 0 Å². The molecule has 1 saturated carbocycles. The van der Waals surface area contributed by atoms with Crippen molar-refractivity contribution in [3.63, 3.8) is 0 Å². The zero-order valence-corrected chi connectivity index (χ0v) is 17.2. The van der Waals surface area contributed by atoms with Crippen LogP contribution in [0.3, 0.4) is 0 Å². The van der Waals surface area contributed by atoms with Gasteiger partial charge in [0.15, 0.2) is 5.60 Å². The van der Waals surface area contributed by atoms with Crippen LogP contribution in [0.1, 0.15) is 57.1 Å². The first kappa shape index (κ1) is 23.5. The number of hydrogen-bond donors (Lipinski definition) is 2. The third-order valence-electron chi connectivity index (χ3n) is 5.53. The van der Waals surface area contributed by atoms with Gasteiger partial charge < -0.3 is 10.2 Å². The molecule has 1 aliphatic rings. The van der Waals surface area contributed by atoms with Crippen LogP contribution in [0.15, 0.2) is 24.3 Å². The minimum atomic E-state index is -1.78. The average Bonchev–Trinajstić information content (AvgIpc) is 2.68. The maximum absolute atomic E-state index is 11.9. The Labute approximate surface area is 169 Å². The van der Waals surface area contributed by atoms with E-state index >= 15 is 0 Å². The summed E-state index contributed by atoms with van der Waals surface area (Å²) < 4.78 is 0. The fourth-order valence-electron chi connectivity index (χ4n) is 3.71. The molecule has 1 aromatic carbocycles. The quantitative estimate of drug-likeness (QED) is 0.691. The van der Waals surface area contributed by atoms with E-state index in [2.05, 4.69) is 30.6 Å². The number of hydrogen-bond acceptors (Lipinski definition) is 3. The Morgan fingerprint density at radius 3 is 2.22 bits per heavy atom. The third kappa shape index (κ3) is 5.97. The molecule has 1 atom stereocenters. The molecule has 0 aliphatic heterocycles. The molecule has 1 fully saturated rings. The van der Waals surface area contributed by atoms with Crippen LogP contribution in [0.2, 0.25) is 0 Å². The molecule has 0 amide bonds. The van der Waals surface area contributed by atoms with Gasteiger partial charge in [0.1, 0.15) is 0 Å². The van der Waals surface area contributed by atoms with Crippen molar-refractivity contribution in [3.8, 4) is 11.8 Å². The molecule has 0 aromatic heterocycles. The van der Waals surface area contributed by atoms with Crippen molar-refractivity contribution in [2.45, 2.75) is 58.0 Å². The normalized spacial score (nSPS) is 16.7. The molecular weight excluding hydrogens is 362 g/mol. The molecule has 27 heavy (non-hydrogen) atoms. The second-order valence-corrected chi connectivity index (χ2v) is 7.10. The number of carboxylic acids is 1. The van der Waals surface area contributed by atoms with E-state index in [0.29, 0.717) is 12.0 Å². The highest BCUT2D eigenvalue weighted by molar-refractivity contribution is 5.85. The van der Waals surface area contributed by atoms with Gasteiger partial charge in [-0.1, -0.05) is 69.2 Å². The average molecular weight is 394 g/mol. The van der Waals surface area contributed by atoms with Crippen molar-refractivity contribution in [2.75, 3.05) is 19.6 Å². The number of benzene rings is 1. The van der Waals surface area contributed by atoms with Gasteiger partial charge in [-0.25, -0.2) is 4.79 Å². The lowest BCUT2D eigenvalue weighted by molar-refractivity contribution is -0.168. The van der Waals surface area contributed by atoms with Gasteiger partial charge in [0.25, 0.3) is 0 Å². The van der Waals surface area contributed by atoms with E-state index in [-0.39, 0.29) is 18.3 Å². The summed E-state index contributed by atoms with van der Waals surface area (Å²) in [6, 6.07) is 7.28. The summed E-state index contributed by atoms with van der Waals surface area (Å²) in [5.74, 6) is 5.00. The summed E-state index contributed by atoms with van der Waals surface area (Å²) in [5, 5.41) is 20.7. The Morgan fingerprint density at radius 1 is 1.11 bits per heavy atom. The second kappa shape index (κ2) is 11.3. The van der Waals surface area contributed by atoms with Gasteiger partial charge in [-0.05, 0) is 37.1 Å². The lowest BCUT2D eigenvalue weighted by atomic mass is 9.73. The Balaban J connectivity index is 0.00000364. The summed E-state index contributed by atoms with van der Waals surface area (Å²) in [5.41, 5.74) is -0.262. The molecule has 0 spiro atoms. The molecule has 4 nitrogen and oxygen atoms in total. The molecule has 0 heterocycles. The zero-order valence-electron chi connectivity index (χ0n) is 16.4. The van der Waals surface area contributed by atoms with Crippen LogP contribution in [0.4, 0.5) is 0 Å². The highest BCUT2D eigenvalue weighted by Gasteiger charge is 2.45. The minimum absolute atomic E-state index is 0. The summed E-state index contributed by atoms with van der Waals surface area (Å²) >= 11 is 0. The topological polar surface area (TPSA) is 60.8 Å².